The number of anilines is 1. The molecule has 7 nitrogen and oxygen atoms in total. The lowest BCUT2D eigenvalue weighted by Crippen LogP contribution is -2.58. The van der Waals surface area contributed by atoms with Gasteiger partial charge in [0.2, 0.25) is 5.91 Å². The van der Waals surface area contributed by atoms with Crippen LogP contribution in [0.1, 0.15) is 27.2 Å². The van der Waals surface area contributed by atoms with Crippen molar-refractivity contribution in [1.29, 1.82) is 0 Å². The number of carbonyl (C=O) groups excluding carboxylic acids is 2. The highest BCUT2D eigenvalue weighted by molar-refractivity contribution is 6.14. The molecule has 0 bridgehead atoms. The highest BCUT2D eigenvalue weighted by Crippen LogP contribution is 2.67. The van der Waals surface area contributed by atoms with Crippen molar-refractivity contribution in [2.45, 2.75) is 11.0 Å². The summed E-state index contributed by atoms with van der Waals surface area (Å²) >= 11 is 0. The number of fused-ring (bicyclic) bond motifs is 9. The Morgan fingerprint density at radius 1 is 0.878 bits per heavy atom. The number of carbonyl (C=O) groups is 2. The second-order valence-electron chi connectivity index (χ2n) is 11.0. The van der Waals surface area contributed by atoms with E-state index in [4.69, 9.17) is 14.7 Å². The zero-order valence-electron chi connectivity index (χ0n) is 22.6. The quantitative estimate of drug-likeness (QED) is 0.318. The van der Waals surface area contributed by atoms with Crippen molar-refractivity contribution in [3.63, 3.8) is 0 Å². The summed E-state index contributed by atoms with van der Waals surface area (Å²) in [5.41, 5.74) is 4.55. The molecule has 3 atom stereocenters. The van der Waals surface area contributed by atoms with Gasteiger partial charge in [0.05, 0.1) is 35.4 Å². The van der Waals surface area contributed by atoms with Crippen molar-refractivity contribution in [2.75, 3.05) is 26.0 Å². The fraction of sp³-hybridized carbons (Fsp3) is 0.176. The van der Waals surface area contributed by atoms with Crippen LogP contribution in [0.25, 0.3) is 22.3 Å². The number of Topliss-reactive ketones (excluding diaryl/α,β-unsaturated/α-hetero) is 1. The Balaban J connectivity index is 1.48. The molecular weight excluding hydrogens is 512 g/mol. The maximum Gasteiger partial charge on any atom is 0.238 e. The summed E-state index contributed by atoms with van der Waals surface area (Å²) in [5.74, 6) is -0.326. The first-order chi connectivity index (χ1) is 20.0. The molecule has 0 saturated carbocycles. The fourth-order valence-electron chi connectivity index (χ4n) is 7.68. The number of ether oxygens (including phenoxy) is 1. The third-order valence-corrected chi connectivity index (χ3v) is 9.26. The highest BCUT2D eigenvalue weighted by atomic mass is 16.5. The molecule has 3 aliphatic rings. The van der Waals surface area contributed by atoms with Gasteiger partial charge in [-0.3, -0.25) is 14.5 Å². The van der Waals surface area contributed by atoms with E-state index >= 15 is 0 Å². The molecule has 3 heterocycles. The number of nitrogens with one attached hydrogen (secondary N) is 1. The van der Waals surface area contributed by atoms with Gasteiger partial charge in [0, 0.05) is 23.4 Å². The van der Waals surface area contributed by atoms with Crippen molar-refractivity contribution in [3.8, 4) is 17.0 Å². The molecule has 1 saturated heterocycles. The van der Waals surface area contributed by atoms with Gasteiger partial charge in [0.1, 0.15) is 16.7 Å². The van der Waals surface area contributed by atoms with Crippen LogP contribution in [-0.4, -0.2) is 47.3 Å². The van der Waals surface area contributed by atoms with E-state index in [1.54, 1.807) is 31.4 Å². The average Bonchev–Trinajstić information content (AvgIpc) is 3.58. The number of likely N-dealkylation sites (tertiary alicyclic amines) is 1. The summed E-state index contributed by atoms with van der Waals surface area (Å²) in [6, 6.07) is 30.8. The van der Waals surface area contributed by atoms with Crippen LogP contribution in [0.3, 0.4) is 0 Å². The monoisotopic (exact) mass is 538 g/mol. The van der Waals surface area contributed by atoms with Gasteiger partial charge in [-0.15, -0.1) is 0 Å². The molecule has 41 heavy (non-hydrogen) atoms. The van der Waals surface area contributed by atoms with Crippen LogP contribution >= 0.6 is 0 Å². The van der Waals surface area contributed by atoms with Gasteiger partial charge in [0.15, 0.2) is 5.78 Å². The van der Waals surface area contributed by atoms with E-state index in [-0.39, 0.29) is 11.7 Å². The van der Waals surface area contributed by atoms with Gasteiger partial charge >= 0.3 is 0 Å². The van der Waals surface area contributed by atoms with Crippen molar-refractivity contribution < 1.29 is 14.3 Å². The van der Waals surface area contributed by atoms with Crippen molar-refractivity contribution in [3.05, 3.63) is 119 Å². The van der Waals surface area contributed by atoms with Crippen LogP contribution in [0.4, 0.5) is 5.69 Å². The van der Waals surface area contributed by atoms with Gasteiger partial charge < -0.3 is 10.1 Å². The van der Waals surface area contributed by atoms with Crippen molar-refractivity contribution >= 4 is 28.4 Å². The molecule has 1 amide bonds. The second-order valence-corrected chi connectivity index (χ2v) is 11.0. The first-order valence-corrected chi connectivity index (χ1v) is 13.7. The summed E-state index contributed by atoms with van der Waals surface area (Å²) in [5, 5.41) is 3.17. The highest BCUT2D eigenvalue weighted by Gasteiger charge is 2.76. The number of rotatable bonds is 3. The molecule has 7 heteroatoms. The fourth-order valence-corrected chi connectivity index (χ4v) is 7.68. The van der Waals surface area contributed by atoms with E-state index in [0.29, 0.717) is 23.6 Å². The molecule has 2 aliphatic heterocycles. The molecule has 1 aromatic heterocycles. The maximum absolute atomic E-state index is 14.7. The van der Waals surface area contributed by atoms with Crippen LogP contribution in [-0.2, 0) is 15.7 Å². The predicted octanol–water partition coefficient (Wildman–Crippen LogP) is 5.20. The Kier molecular flexibility index (Phi) is 4.86. The van der Waals surface area contributed by atoms with Crippen molar-refractivity contribution in [2.24, 2.45) is 5.92 Å². The zero-order chi connectivity index (χ0) is 27.9. The molecule has 4 aromatic carbocycles. The minimum absolute atomic E-state index is 0.0945. The topological polar surface area (TPSA) is 84.4 Å². The Morgan fingerprint density at radius 3 is 2.29 bits per heavy atom. The van der Waals surface area contributed by atoms with Gasteiger partial charge in [-0.05, 0) is 60.6 Å². The molecule has 1 fully saturated rings. The van der Waals surface area contributed by atoms with Crippen LogP contribution in [0.15, 0.2) is 97.1 Å². The number of para-hydroxylation sites is 3. The lowest BCUT2D eigenvalue weighted by molar-refractivity contribution is -0.124. The van der Waals surface area contributed by atoms with Crippen LogP contribution in [0.2, 0.25) is 0 Å². The van der Waals surface area contributed by atoms with E-state index < -0.39 is 16.9 Å². The third kappa shape index (κ3) is 2.81. The molecule has 1 aliphatic carbocycles. The third-order valence-electron chi connectivity index (χ3n) is 9.26. The largest absolute Gasteiger partial charge is 0.497 e. The molecule has 1 N–H and O–H groups in total. The summed E-state index contributed by atoms with van der Waals surface area (Å²) in [6.07, 6.45) is 0. The number of hydrogen-bond donors (Lipinski definition) is 1. The van der Waals surface area contributed by atoms with E-state index in [0.717, 1.165) is 39.1 Å². The number of likely N-dealkylation sites (N-methyl/N-ethyl adjacent to an activating group) is 1. The molecule has 2 spiro atoms. The number of benzene rings is 4. The minimum Gasteiger partial charge on any atom is -0.497 e. The first kappa shape index (κ1) is 24.0. The summed E-state index contributed by atoms with van der Waals surface area (Å²) in [4.78, 5) is 41.9. The summed E-state index contributed by atoms with van der Waals surface area (Å²) in [7, 11) is 3.60. The molecule has 0 radical (unpaired) electrons. The lowest BCUT2D eigenvalue weighted by atomic mass is 9.58. The van der Waals surface area contributed by atoms with E-state index in [1.807, 2.05) is 73.8 Å². The van der Waals surface area contributed by atoms with Crippen LogP contribution in [0, 0.1) is 5.92 Å². The average molecular weight is 539 g/mol. The van der Waals surface area contributed by atoms with E-state index in [9.17, 15) is 9.59 Å². The number of amides is 1. The Bertz CT molecular complexity index is 1920. The molecule has 0 unspecified atom stereocenters. The normalized spacial score (nSPS) is 24.0. The number of aromatic nitrogens is 2. The second kappa shape index (κ2) is 8.32. The van der Waals surface area contributed by atoms with Gasteiger partial charge in [-0.1, -0.05) is 54.6 Å². The maximum atomic E-state index is 14.7. The van der Waals surface area contributed by atoms with E-state index in [2.05, 4.69) is 16.3 Å². The number of hydrogen-bond acceptors (Lipinski definition) is 6. The van der Waals surface area contributed by atoms with Crippen LogP contribution < -0.4 is 10.1 Å². The SMILES string of the molecule is COc1ccc(C(=O)[C@@H]2CN(C)[C@]3(c4ccccc4-c4nc5ccccc5nc43)[C@@]23C(=O)Nc2ccccc23)cc1. The standard InChI is InChI=1S/C34H26N4O3/c1-38-19-25(30(39)20-15-17-21(41-2)18-16-20)33(24-11-5-6-12-26(24)37-32(33)40)34(38)23-10-4-3-9-22(23)29-31(34)36-28-14-8-7-13-27(28)35-29/h3-18,25H,19H2,1-2H3,(H,37,40)/t25-,33+,34-/m0/s1. The molecular formula is C34H26N4O3. The van der Waals surface area contributed by atoms with E-state index in [1.165, 1.54) is 0 Å². The first-order valence-electron chi connectivity index (χ1n) is 13.7. The zero-order valence-corrected chi connectivity index (χ0v) is 22.6. The Hall–Kier alpha value is -4.88. The number of methoxy groups -OCH3 is 1. The Morgan fingerprint density at radius 2 is 1.54 bits per heavy atom. The molecule has 200 valence electrons. The summed E-state index contributed by atoms with van der Waals surface area (Å²) in [6.45, 7) is 0.356. The molecule has 5 aromatic rings. The number of nitrogens with zero attached hydrogens (tertiary/aromatic N) is 3. The Labute approximate surface area is 236 Å². The van der Waals surface area contributed by atoms with Gasteiger partial charge in [-0.25, -0.2) is 9.97 Å². The smallest absolute Gasteiger partial charge is 0.238 e. The lowest BCUT2D eigenvalue weighted by Gasteiger charge is -2.45. The predicted molar refractivity (Wildman–Crippen MR) is 156 cm³/mol. The van der Waals surface area contributed by atoms with Gasteiger partial charge in [0.25, 0.3) is 0 Å². The van der Waals surface area contributed by atoms with Gasteiger partial charge in [-0.2, -0.15) is 0 Å². The minimum atomic E-state index is -1.30. The molecule has 8 rings (SSSR count). The van der Waals surface area contributed by atoms with Crippen molar-refractivity contribution in [1.82, 2.24) is 14.9 Å². The number of ketones is 1. The summed E-state index contributed by atoms with van der Waals surface area (Å²) < 4.78 is 5.34. The van der Waals surface area contributed by atoms with Crippen LogP contribution in [0.5, 0.6) is 5.75 Å².